The molecule has 1 saturated carbocycles. The van der Waals surface area contributed by atoms with Crippen molar-refractivity contribution in [1.29, 1.82) is 0 Å². The van der Waals surface area contributed by atoms with Gasteiger partial charge in [-0.25, -0.2) is 4.79 Å². The van der Waals surface area contributed by atoms with E-state index in [1.807, 2.05) is 24.3 Å². The molecule has 1 aliphatic carbocycles. The van der Waals surface area contributed by atoms with Crippen LogP contribution in [0.5, 0.6) is 0 Å². The van der Waals surface area contributed by atoms with Gasteiger partial charge in [-0.1, -0.05) is 30.2 Å². The number of hydrogen-bond acceptors (Lipinski definition) is 2. The van der Waals surface area contributed by atoms with E-state index in [1.54, 1.807) is 4.90 Å². The lowest BCUT2D eigenvalue weighted by molar-refractivity contribution is -0.143. The van der Waals surface area contributed by atoms with E-state index in [2.05, 4.69) is 5.32 Å². The van der Waals surface area contributed by atoms with Crippen molar-refractivity contribution in [3.8, 4) is 0 Å². The predicted molar refractivity (Wildman–Crippen MR) is 92.0 cm³/mol. The van der Waals surface area contributed by atoms with Gasteiger partial charge in [-0.3, -0.25) is 4.79 Å². The summed E-state index contributed by atoms with van der Waals surface area (Å²) in [5.41, 5.74) is 1.06. The van der Waals surface area contributed by atoms with Gasteiger partial charge in [0.1, 0.15) is 0 Å². The monoisotopic (exact) mass is 350 g/mol. The Balaban J connectivity index is 1.69. The highest BCUT2D eigenvalue weighted by Gasteiger charge is 2.33. The van der Waals surface area contributed by atoms with Crippen molar-refractivity contribution in [3.63, 3.8) is 0 Å². The summed E-state index contributed by atoms with van der Waals surface area (Å²) in [5.74, 6) is -0.835. The first kappa shape index (κ1) is 17.1. The highest BCUT2D eigenvalue weighted by molar-refractivity contribution is 6.30. The number of halogens is 1. The molecule has 1 heterocycles. The molecule has 1 saturated heterocycles. The van der Waals surface area contributed by atoms with Gasteiger partial charge in [0.25, 0.3) is 0 Å². The third-order valence-corrected chi connectivity index (χ3v) is 5.44. The second kappa shape index (κ2) is 7.43. The number of amides is 2. The number of hydrogen-bond donors (Lipinski definition) is 2. The summed E-state index contributed by atoms with van der Waals surface area (Å²) in [5, 5.41) is 13.0. The number of aliphatic carboxylic acids is 1. The molecule has 3 rings (SSSR count). The van der Waals surface area contributed by atoms with E-state index in [4.69, 9.17) is 11.6 Å². The Hall–Kier alpha value is -1.75. The van der Waals surface area contributed by atoms with E-state index >= 15 is 0 Å². The summed E-state index contributed by atoms with van der Waals surface area (Å²) in [6.07, 6.45) is 4.77. The molecule has 2 unspecified atom stereocenters. The van der Waals surface area contributed by atoms with Gasteiger partial charge in [0, 0.05) is 18.1 Å². The van der Waals surface area contributed by atoms with Crippen LogP contribution in [0.1, 0.15) is 43.7 Å². The lowest BCUT2D eigenvalue weighted by Crippen LogP contribution is -2.49. The zero-order valence-corrected chi connectivity index (χ0v) is 14.3. The molecule has 2 amide bonds. The molecular formula is C18H23ClN2O3. The predicted octanol–water partition coefficient (Wildman–Crippen LogP) is 3.69. The SMILES string of the molecule is O=C(O)C1CCCN(C(=O)NC(c2ccc(Cl)cc2)C2CCC2)C1. The third-order valence-electron chi connectivity index (χ3n) is 5.19. The molecule has 1 aromatic rings. The van der Waals surface area contributed by atoms with E-state index in [9.17, 15) is 14.7 Å². The van der Waals surface area contributed by atoms with Crippen molar-refractivity contribution in [2.45, 2.75) is 38.1 Å². The highest BCUT2D eigenvalue weighted by atomic mass is 35.5. The van der Waals surface area contributed by atoms with E-state index in [0.717, 1.165) is 24.8 Å². The van der Waals surface area contributed by atoms with Crippen LogP contribution in [-0.2, 0) is 4.79 Å². The van der Waals surface area contributed by atoms with Crippen LogP contribution in [0, 0.1) is 11.8 Å². The van der Waals surface area contributed by atoms with Crippen molar-refractivity contribution in [2.24, 2.45) is 11.8 Å². The van der Waals surface area contributed by atoms with Gasteiger partial charge in [0.05, 0.1) is 12.0 Å². The first-order valence-corrected chi connectivity index (χ1v) is 8.96. The number of rotatable bonds is 4. The van der Waals surface area contributed by atoms with Crippen LogP contribution in [-0.4, -0.2) is 35.1 Å². The minimum atomic E-state index is -0.819. The normalized spacial score (nSPS) is 22.5. The van der Waals surface area contributed by atoms with Crippen molar-refractivity contribution >= 4 is 23.6 Å². The number of carboxylic acids is 1. The van der Waals surface area contributed by atoms with E-state index in [1.165, 1.54) is 6.42 Å². The molecule has 0 spiro atoms. The van der Waals surface area contributed by atoms with Gasteiger partial charge >= 0.3 is 12.0 Å². The Labute approximate surface area is 147 Å². The molecule has 0 aromatic heterocycles. The quantitative estimate of drug-likeness (QED) is 0.870. The fourth-order valence-electron chi connectivity index (χ4n) is 3.50. The van der Waals surface area contributed by atoms with Gasteiger partial charge in [-0.15, -0.1) is 0 Å². The summed E-state index contributed by atoms with van der Waals surface area (Å²) in [6, 6.07) is 7.41. The van der Waals surface area contributed by atoms with Crippen LogP contribution < -0.4 is 5.32 Å². The summed E-state index contributed by atoms with van der Waals surface area (Å²) in [7, 11) is 0. The minimum Gasteiger partial charge on any atom is -0.481 e. The van der Waals surface area contributed by atoms with Crippen LogP contribution in [0.3, 0.4) is 0 Å². The first-order valence-electron chi connectivity index (χ1n) is 8.58. The van der Waals surface area contributed by atoms with Crippen LogP contribution in [0.15, 0.2) is 24.3 Å². The smallest absolute Gasteiger partial charge is 0.317 e. The molecule has 1 aliphatic heterocycles. The summed E-state index contributed by atoms with van der Waals surface area (Å²) < 4.78 is 0. The van der Waals surface area contributed by atoms with Gasteiger partial charge in [-0.2, -0.15) is 0 Å². The topological polar surface area (TPSA) is 69.6 Å². The average molecular weight is 351 g/mol. The molecule has 1 aromatic carbocycles. The highest BCUT2D eigenvalue weighted by Crippen LogP contribution is 2.38. The van der Waals surface area contributed by atoms with Gasteiger partial charge in [-0.05, 0) is 49.3 Å². The number of carbonyl (C=O) groups is 2. The number of carbonyl (C=O) groups excluding carboxylic acids is 1. The van der Waals surface area contributed by atoms with Crippen LogP contribution in [0.2, 0.25) is 5.02 Å². The Bertz CT molecular complexity index is 601. The molecule has 5 nitrogen and oxygen atoms in total. The maximum atomic E-state index is 12.7. The standard InChI is InChI=1S/C18H23ClN2O3/c19-15-8-6-13(7-9-15)16(12-3-1-4-12)20-18(24)21-10-2-5-14(11-21)17(22)23/h6-9,12,14,16H,1-5,10-11H2,(H,20,24)(H,22,23). The van der Waals surface area contributed by atoms with Crippen molar-refractivity contribution in [1.82, 2.24) is 10.2 Å². The minimum absolute atomic E-state index is 0.0336. The maximum Gasteiger partial charge on any atom is 0.317 e. The molecule has 0 bridgehead atoms. The molecule has 130 valence electrons. The van der Waals surface area contributed by atoms with Gasteiger partial charge in [0.2, 0.25) is 0 Å². The molecule has 6 heteroatoms. The average Bonchev–Trinajstić information content (AvgIpc) is 2.53. The molecule has 2 aliphatic rings. The molecule has 0 radical (unpaired) electrons. The third kappa shape index (κ3) is 3.83. The van der Waals surface area contributed by atoms with Crippen molar-refractivity contribution in [2.75, 3.05) is 13.1 Å². The Morgan fingerprint density at radius 3 is 2.46 bits per heavy atom. The van der Waals surface area contributed by atoms with E-state index in [-0.39, 0.29) is 12.1 Å². The largest absolute Gasteiger partial charge is 0.481 e. The number of nitrogens with one attached hydrogen (secondary N) is 1. The number of likely N-dealkylation sites (tertiary alicyclic amines) is 1. The van der Waals surface area contributed by atoms with Crippen molar-refractivity contribution in [3.05, 3.63) is 34.9 Å². The lowest BCUT2D eigenvalue weighted by atomic mass is 9.77. The Morgan fingerprint density at radius 1 is 1.17 bits per heavy atom. The van der Waals surface area contributed by atoms with E-state index in [0.29, 0.717) is 30.5 Å². The molecule has 2 fully saturated rings. The summed E-state index contributed by atoms with van der Waals surface area (Å²) in [4.78, 5) is 25.5. The Kier molecular flexibility index (Phi) is 5.29. The number of carboxylic acid groups (broad SMARTS) is 1. The molecular weight excluding hydrogens is 328 g/mol. The van der Waals surface area contributed by atoms with Gasteiger partial charge in [0.15, 0.2) is 0 Å². The lowest BCUT2D eigenvalue weighted by Gasteiger charge is -2.37. The van der Waals surface area contributed by atoms with Crippen LogP contribution in [0.25, 0.3) is 0 Å². The summed E-state index contributed by atoms with van der Waals surface area (Å²) >= 11 is 5.97. The number of benzene rings is 1. The molecule has 2 atom stereocenters. The number of urea groups is 1. The van der Waals surface area contributed by atoms with Crippen LogP contribution >= 0.6 is 11.6 Å². The second-order valence-corrected chi connectivity index (χ2v) is 7.23. The van der Waals surface area contributed by atoms with Gasteiger partial charge < -0.3 is 15.3 Å². The fraction of sp³-hybridized carbons (Fsp3) is 0.556. The molecule has 24 heavy (non-hydrogen) atoms. The molecule has 2 N–H and O–H groups in total. The van der Waals surface area contributed by atoms with Crippen molar-refractivity contribution < 1.29 is 14.7 Å². The first-order chi connectivity index (χ1) is 11.5. The second-order valence-electron chi connectivity index (χ2n) is 6.79. The Morgan fingerprint density at radius 2 is 1.88 bits per heavy atom. The zero-order chi connectivity index (χ0) is 17.1. The van der Waals surface area contributed by atoms with E-state index < -0.39 is 11.9 Å². The zero-order valence-electron chi connectivity index (χ0n) is 13.6. The van der Waals surface area contributed by atoms with Crippen LogP contribution in [0.4, 0.5) is 4.79 Å². The fourth-order valence-corrected chi connectivity index (χ4v) is 3.63. The summed E-state index contributed by atoms with van der Waals surface area (Å²) in [6.45, 7) is 0.910. The number of piperidine rings is 1. The maximum absolute atomic E-state index is 12.7. The number of nitrogens with zero attached hydrogens (tertiary/aromatic N) is 1.